The second-order valence-corrected chi connectivity index (χ2v) is 9.52. The number of carbonyl (C=O) groups excluding carboxylic acids is 2. The average molecular weight is 404 g/mol. The molecule has 0 fully saturated rings. The van der Waals surface area contributed by atoms with E-state index >= 15 is 0 Å². The first-order chi connectivity index (χ1) is 11.5. The number of anilines is 1. The zero-order valence-corrected chi connectivity index (χ0v) is 16.9. The van der Waals surface area contributed by atoms with Crippen molar-refractivity contribution in [1.29, 1.82) is 0 Å². The molecule has 0 aliphatic carbocycles. The molecule has 0 aromatic carbocycles. The number of aryl methyl sites for hydroxylation is 1. The number of hydrogen-bond acceptors (Lipinski definition) is 9. The van der Waals surface area contributed by atoms with Crippen molar-refractivity contribution in [1.82, 2.24) is 10.2 Å². The molecule has 24 heavy (non-hydrogen) atoms. The lowest BCUT2D eigenvalue weighted by molar-refractivity contribution is -0.113. The Bertz CT molecular complexity index is 742. The second kappa shape index (κ2) is 8.84. The summed E-state index contributed by atoms with van der Waals surface area (Å²) in [5.41, 5.74) is 1.26. The van der Waals surface area contributed by atoms with Crippen LogP contribution in [0.4, 0.5) is 5.00 Å². The minimum Gasteiger partial charge on any atom is -0.465 e. The van der Waals surface area contributed by atoms with E-state index in [1.807, 2.05) is 13.8 Å². The number of nitrogens with one attached hydrogen (secondary N) is 1. The first kappa shape index (κ1) is 19.2. The Morgan fingerprint density at radius 3 is 2.46 bits per heavy atom. The normalized spacial score (nSPS) is 10.7. The van der Waals surface area contributed by atoms with Gasteiger partial charge in [0.25, 0.3) is 0 Å². The summed E-state index contributed by atoms with van der Waals surface area (Å²) in [6.07, 6.45) is 0. The summed E-state index contributed by atoms with van der Waals surface area (Å²) in [6.45, 7) is 5.80. The lowest BCUT2D eigenvalue weighted by Gasteiger charge is -2.05. The Balaban J connectivity index is 1.99. The molecule has 1 amide bonds. The molecule has 2 heterocycles. The first-order valence-corrected chi connectivity index (χ1v) is 10.6. The molecule has 2 aromatic heterocycles. The van der Waals surface area contributed by atoms with Crippen LogP contribution in [-0.4, -0.2) is 40.7 Å². The smallest absolute Gasteiger partial charge is 0.341 e. The van der Waals surface area contributed by atoms with Crippen molar-refractivity contribution >= 4 is 63.1 Å². The van der Waals surface area contributed by atoms with Crippen LogP contribution in [0.3, 0.4) is 0 Å². The number of thiophene rings is 1. The monoisotopic (exact) mass is 403 g/mol. The van der Waals surface area contributed by atoms with E-state index in [1.54, 1.807) is 11.8 Å². The number of esters is 1. The fraction of sp³-hybridized carbons (Fsp3) is 0.429. The van der Waals surface area contributed by atoms with Crippen molar-refractivity contribution in [3.05, 3.63) is 16.0 Å². The predicted octanol–water partition coefficient (Wildman–Crippen LogP) is 3.85. The highest BCUT2D eigenvalue weighted by Gasteiger charge is 2.21. The number of nitrogens with zero attached hydrogens (tertiary/aromatic N) is 2. The molecular weight excluding hydrogens is 386 g/mol. The van der Waals surface area contributed by atoms with Gasteiger partial charge >= 0.3 is 5.97 Å². The molecule has 0 saturated heterocycles. The van der Waals surface area contributed by atoms with Gasteiger partial charge in [-0.2, -0.15) is 0 Å². The molecule has 6 nitrogen and oxygen atoms in total. The van der Waals surface area contributed by atoms with Crippen LogP contribution in [0.15, 0.2) is 8.68 Å². The molecule has 0 saturated carbocycles. The number of amides is 1. The largest absolute Gasteiger partial charge is 0.465 e. The lowest BCUT2D eigenvalue weighted by Crippen LogP contribution is -2.16. The fourth-order valence-corrected chi connectivity index (χ4v) is 5.57. The fourth-order valence-electron chi connectivity index (χ4n) is 1.79. The third-order valence-corrected chi connectivity index (χ3v) is 7.20. The van der Waals surface area contributed by atoms with E-state index in [1.165, 1.54) is 41.5 Å². The van der Waals surface area contributed by atoms with Gasteiger partial charge in [-0.3, -0.25) is 4.79 Å². The number of ether oxygens (including phenoxy) is 1. The van der Waals surface area contributed by atoms with Gasteiger partial charge in [0.05, 0.1) is 18.4 Å². The van der Waals surface area contributed by atoms with Crippen molar-refractivity contribution in [2.24, 2.45) is 0 Å². The highest BCUT2D eigenvalue weighted by atomic mass is 32.2. The SMILES string of the molecule is CCSc1nnc(SCC(=O)Nc2sc(C)c(C)c2C(=O)OC)s1. The van der Waals surface area contributed by atoms with Gasteiger partial charge in [0.2, 0.25) is 5.91 Å². The lowest BCUT2D eigenvalue weighted by atomic mass is 10.1. The van der Waals surface area contributed by atoms with Gasteiger partial charge in [0.15, 0.2) is 8.68 Å². The Morgan fingerprint density at radius 2 is 1.83 bits per heavy atom. The Morgan fingerprint density at radius 1 is 1.17 bits per heavy atom. The van der Waals surface area contributed by atoms with Crippen LogP contribution >= 0.6 is 46.2 Å². The van der Waals surface area contributed by atoms with Gasteiger partial charge in [-0.15, -0.1) is 21.5 Å². The number of aromatic nitrogens is 2. The maximum Gasteiger partial charge on any atom is 0.341 e. The average Bonchev–Trinajstić information content (AvgIpc) is 3.10. The van der Waals surface area contributed by atoms with Crippen LogP contribution in [0.2, 0.25) is 0 Å². The quantitative estimate of drug-likeness (QED) is 0.555. The highest BCUT2D eigenvalue weighted by Crippen LogP contribution is 2.33. The van der Waals surface area contributed by atoms with Gasteiger partial charge < -0.3 is 10.1 Å². The molecule has 0 aliphatic rings. The van der Waals surface area contributed by atoms with Crippen LogP contribution in [-0.2, 0) is 9.53 Å². The summed E-state index contributed by atoms with van der Waals surface area (Å²) in [7, 11) is 1.33. The maximum absolute atomic E-state index is 12.2. The molecule has 0 bridgehead atoms. The molecule has 0 aliphatic heterocycles. The summed E-state index contributed by atoms with van der Waals surface area (Å²) in [4.78, 5) is 25.1. The van der Waals surface area contributed by atoms with Gasteiger partial charge in [-0.1, -0.05) is 41.8 Å². The number of rotatable bonds is 7. The molecule has 2 aromatic rings. The minimum atomic E-state index is -0.440. The van der Waals surface area contributed by atoms with Crippen molar-refractivity contribution in [3.63, 3.8) is 0 Å². The summed E-state index contributed by atoms with van der Waals surface area (Å²) < 4.78 is 6.46. The van der Waals surface area contributed by atoms with Gasteiger partial charge in [0, 0.05) is 4.88 Å². The molecule has 2 rings (SSSR count). The highest BCUT2D eigenvalue weighted by molar-refractivity contribution is 8.03. The molecule has 1 N–H and O–H groups in total. The first-order valence-electron chi connectivity index (χ1n) is 7.03. The minimum absolute atomic E-state index is 0.189. The van der Waals surface area contributed by atoms with Crippen LogP contribution in [0, 0.1) is 13.8 Å². The van der Waals surface area contributed by atoms with Crippen molar-refractivity contribution in [2.75, 3.05) is 23.9 Å². The van der Waals surface area contributed by atoms with E-state index in [-0.39, 0.29) is 11.7 Å². The standard InChI is InChI=1S/C14H17N3O3S4/c1-5-21-13-16-17-14(24-13)22-6-9(18)15-11-10(12(19)20-4)7(2)8(3)23-11/h5-6H2,1-4H3,(H,15,18). The van der Waals surface area contributed by atoms with Crippen LogP contribution in [0.5, 0.6) is 0 Å². The van der Waals surface area contributed by atoms with E-state index in [9.17, 15) is 9.59 Å². The summed E-state index contributed by atoms with van der Waals surface area (Å²) in [5.74, 6) is 0.520. The van der Waals surface area contributed by atoms with E-state index < -0.39 is 5.97 Å². The Hall–Kier alpha value is -1.10. The van der Waals surface area contributed by atoms with E-state index in [0.717, 1.165) is 24.9 Å². The van der Waals surface area contributed by atoms with Crippen molar-refractivity contribution < 1.29 is 14.3 Å². The number of hydrogen-bond donors (Lipinski definition) is 1. The van der Waals surface area contributed by atoms with E-state index in [4.69, 9.17) is 4.74 Å². The number of methoxy groups -OCH3 is 1. The van der Waals surface area contributed by atoms with Gasteiger partial charge in [-0.05, 0) is 25.2 Å². The molecule has 0 unspecified atom stereocenters. The predicted molar refractivity (Wildman–Crippen MR) is 101 cm³/mol. The van der Waals surface area contributed by atoms with Crippen LogP contribution < -0.4 is 5.32 Å². The second-order valence-electron chi connectivity index (χ2n) is 4.58. The Kier molecular flexibility index (Phi) is 7.08. The number of thioether (sulfide) groups is 2. The van der Waals surface area contributed by atoms with Gasteiger partial charge in [-0.25, -0.2) is 4.79 Å². The van der Waals surface area contributed by atoms with Crippen LogP contribution in [0.25, 0.3) is 0 Å². The third-order valence-electron chi connectivity index (χ3n) is 3.01. The van der Waals surface area contributed by atoms with E-state index in [0.29, 0.717) is 10.6 Å². The molecular formula is C14H17N3O3S4. The molecule has 0 atom stereocenters. The summed E-state index contributed by atoms with van der Waals surface area (Å²) in [6, 6.07) is 0. The molecule has 130 valence electrons. The maximum atomic E-state index is 12.2. The molecule has 0 spiro atoms. The number of carbonyl (C=O) groups is 2. The molecule has 10 heteroatoms. The summed E-state index contributed by atoms with van der Waals surface area (Å²) >= 11 is 5.81. The molecule has 0 radical (unpaired) electrons. The van der Waals surface area contributed by atoms with Gasteiger partial charge in [0.1, 0.15) is 5.00 Å². The van der Waals surface area contributed by atoms with Crippen molar-refractivity contribution in [2.45, 2.75) is 29.5 Å². The third kappa shape index (κ3) is 4.71. The zero-order valence-electron chi connectivity index (χ0n) is 13.7. The zero-order chi connectivity index (χ0) is 17.7. The Labute approximate surface area is 156 Å². The summed E-state index contributed by atoms with van der Waals surface area (Å²) in [5, 5.41) is 11.4. The van der Waals surface area contributed by atoms with E-state index in [2.05, 4.69) is 22.4 Å². The van der Waals surface area contributed by atoms with Crippen LogP contribution in [0.1, 0.15) is 27.7 Å². The topological polar surface area (TPSA) is 81.2 Å². The van der Waals surface area contributed by atoms with Crippen molar-refractivity contribution in [3.8, 4) is 0 Å².